The zero-order chi connectivity index (χ0) is 8.06. The average Bonchev–Trinajstić information content (AvgIpc) is 2.51. The van der Waals surface area contributed by atoms with Crippen LogP contribution >= 0.6 is 0 Å². The fourth-order valence-electron chi connectivity index (χ4n) is 2.16. The fourth-order valence-corrected chi connectivity index (χ4v) is 2.16. The van der Waals surface area contributed by atoms with Crippen molar-refractivity contribution >= 4 is 5.78 Å². The highest BCUT2D eigenvalue weighted by atomic mass is 16.6. The molecule has 1 heterocycles. The van der Waals surface area contributed by atoms with Gasteiger partial charge in [-0.15, -0.1) is 0 Å². The summed E-state index contributed by atoms with van der Waals surface area (Å²) >= 11 is 0. The molecule has 0 unspecified atom stereocenters. The summed E-state index contributed by atoms with van der Waals surface area (Å²) in [5.41, 5.74) is 0.00521. The van der Waals surface area contributed by atoms with E-state index in [2.05, 4.69) is 13.8 Å². The van der Waals surface area contributed by atoms with Crippen LogP contribution in [0.15, 0.2) is 0 Å². The first kappa shape index (κ1) is 7.29. The van der Waals surface area contributed by atoms with Gasteiger partial charge in [0.25, 0.3) is 0 Å². The van der Waals surface area contributed by atoms with Crippen LogP contribution < -0.4 is 0 Å². The summed E-state index contributed by atoms with van der Waals surface area (Å²) in [5.74, 6) is 0.969. The number of Topliss-reactive ketones (excluding diaryl/α,β-unsaturated/α-hetero) is 1. The number of hydrogen-bond donors (Lipinski definition) is 0. The third kappa shape index (κ3) is 1.00. The quantitative estimate of drug-likeness (QED) is 0.564. The summed E-state index contributed by atoms with van der Waals surface area (Å²) in [6, 6.07) is 0. The molecule has 2 fully saturated rings. The number of epoxide rings is 1. The lowest BCUT2D eigenvalue weighted by molar-refractivity contribution is -0.120. The SMILES string of the molecule is CC(C)C[C@]12CCC(=O)[C@H]1O2. The smallest absolute Gasteiger partial charge is 0.164 e. The highest BCUT2D eigenvalue weighted by Crippen LogP contribution is 2.51. The van der Waals surface area contributed by atoms with E-state index in [1.165, 1.54) is 0 Å². The second-order valence-electron chi connectivity index (χ2n) is 4.13. The van der Waals surface area contributed by atoms with Crippen LogP contribution in [-0.2, 0) is 9.53 Å². The van der Waals surface area contributed by atoms with E-state index in [1.807, 2.05) is 0 Å². The molecule has 0 bridgehead atoms. The van der Waals surface area contributed by atoms with Gasteiger partial charge in [0.15, 0.2) is 5.78 Å². The fraction of sp³-hybridized carbons (Fsp3) is 0.889. The summed E-state index contributed by atoms with van der Waals surface area (Å²) in [5, 5.41) is 0. The number of ketones is 1. The molecule has 62 valence electrons. The maximum absolute atomic E-state index is 11.1. The van der Waals surface area contributed by atoms with Crippen molar-refractivity contribution in [1.82, 2.24) is 0 Å². The van der Waals surface area contributed by atoms with Gasteiger partial charge in [-0.3, -0.25) is 4.79 Å². The van der Waals surface area contributed by atoms with Crippen molar-refractivity contribution in [2.24, 2.45) is 5.92 Å². The van der Waals surface area contributed by atoms with E-state index < -0.39 is 0 Å². The lowest BCUT2D eigenvalue weighted by atomic mass is 9.95. The molecular formula is C9H14O2. The standard InChI is InChI=1S/C9H14O2/c1-6(2)5-9-4-3-7(10)8(9)11-9/h6,8H,3-5H2,1-2H3/t8-,9-/m1/s1. The summed E-state index contributed by atoms with van der Waals surface area (Å²) in [6.45, 7) is 4.35. The summed E-state index contributed by atoms with van der Waals surface area (Å²) < 4.78 is 5.41. The molecule has 0 aromatic rings. The maximum Gasteiger partial charge on any atom is 0.164 e. The molecule has 1 saturated carbocycles. The Balaban J connectivity index is 2.01. The first-order valence-electron chi connectivity index (χ1n) is 4.34. The summed E-state index contributed by atoms with van der Waals surface area (Å²) in [6.07, 6.45) is 2.76. The van der Waals surface area contributed by atoms with Crippen LogP contribution in [0.4, 0.5) is 0 Å². The van der Waals surface area contributed by atoms with Crippen LogP contribution in [0.3, 0.4) is 0 Å². The van der Waals surface area contributed by atoms with Gasteiger partial charge in [-0.05, 0) is 18.8 Å². The Morgan fingerprint density at radius 1 is 1.73 bits per heavy atom. The first-order chi connectivity index (χ1) is 5.14. The van der Waals surface area contributed by atoms with Crippen LogP contribution in [0.25, 0.3) is 0 Å². The van der Waals surface area contributed by atoms with Gasteiger partial charge in [-0.1, -0.05) is 13.8 Å². The zero-order valence-corrected chi connectivity index (χ0v) is 7.09. The molecule has 2 atom stereocenters. The van der Waals surface area contributed by atoms with Crippen molar-refractivity contribution in [3.8, 4) is 0 Å². The molecule has 0 aromatic heterocycles. The molecule has 2 nitrogen and oxygen atoms in total. The molecule has 2 aliphatic rings. The highest BCUT2D eigenvalue weighted by molar-refractivity contribution is 5.90. The average molecular weight is 154 g/mol. The van der Waals surface area contributed by atoms with Gasteiger partial charge in [0.1, 0.15) is 11.7 Å². The first-order valence-corrected chi connectivity index (χ1v) is 4.34. The number of hydrogen-bond acceptors (Lipinski definition) is 2. The van der Waals surface area contributed by atoms with Gasteiger partial charge in [-0.25, -0.2) is 0 Å². The van der Waals surface area contributed by atoms with Gasteiger partial charge < -0.3 is 4.74 Å². The lowest BCUT2D eigenvalue weighted by Crippen LogP contribution is -2.13. The van der Waals surface area contributed by atoms with Crippen molar-refractivity contribution in [2.75, 3.05) is 0 Å². The number of fused-ring (bicyclic) bond motifs is 1. The van der Waals surface area contributed by atoms with E-state index in [0.29, 0.717) is 11.7 Å². The van der Waals surface area contributed by atoms with E-state index in [0.717, 1.165) is 19.3 Å². The number of carbonyl (C=O) groups is 1. The second-order valence-corrected chi connectivity index (χ2v) is 4.13. The van der Waals surface area contributed by atoms with E-state index in [9.17, 15) is 4.79 Å². The molecule has 2 heteroatoms. The predicted molar refractivity (Wildman–Crippen MR) is 41.3 cm³/mol. The molecule has 1 aliphatic carbocycles. The number of rotatable bonds is 2. The Kier molecular flexibility index (Phi) is 1.37. The predicted octanol–water partition coefficient (Wildman–Crippen LogP) is 1.53. The van der Waals surface area contributed by atoms with Gasteiger partial charge in [0.05, 0.1) is 0 Å². The van der Waals surface area contributed by atoms with Crippen molar-refractivity contribution in [3.05, 3.63) is 0 Å². The minimum atomic E-state index is -0.00935. The minimum absolute atomic E-state index is 0.00521. The van der Waals surface area contributed by atoms with E-state index in [1.54, 1.807) is 0 Å². The van der Waals surface area contributed by atoms with Crippen LogP contribution in [0, 0.1) is 5.92 Å². The van der Waals surface area contributed by atoms with Gasteiger partial charge in [0, 0.05) is 6.42 Å². The van der Waals surface area contributed by atoms with Crippen LogP contribution in [-0.4, -0.2) is 17.5 Å². The normalized spacial score (nSPS) is 41.4. The maximum atomic E-state index is 11.1. The van der Waals surface area contributed by atoms with E-state index in [4.69, 9.17) is 4.74 Å². The lowest BCUT2D eigenvalue weighted by Gasteiger charge is -2.09. The molecule has 1 saturated heterocycles. The van der Waals surface area contributed by atoms with Gasteiger partial charge in [0.2, 0.25) is 0 Å². The Morgan fingerprint density at radius 2 is 2.45 bits per heavy atom. The topological polar surface area (TPSA) is 29.6 Å². The molecule has 11 heavy (non-hydrogen) atoms. The Hall–Kier alpha value is -0.370. The van der Waals surface area contributed by atoms with E-state index in [-0.39, 0.29) is 11.7 Å². The van der Waals surface area contributed by atoms with Crippen LogP contribution in [0.5, 0.6) is 0 Å². The number of ether oxygens (including phenoxy) is 1. The van der Waals surface area contributed by atoms with Crippen molar-refractivity contribution < 1.29 is 9.53 Å². The molecular weight excluding hydrogens is 140 g/mol. The third-order valence-electron chi connectivity index (χ3n) is 2.61. The van der Waals surface area contributed by atoms with Gasteiger partial charge in [-0.2, -0.15) is 0 Å². The highest BCUT2D eigenvalue weighted by Gasteiger charge is 2.63. The summed E-state index contributed by atoms with van der Waals surface area (Å²) in [7, 11) is 0. The molecule has 0 amide bonds. The molecule has 0 aromatic carbocycles. The molecule has 0 N–H and O–H groups in total. The Morgan fingerprint density at radius 3 is 2.82 bits per heavy atom. The van der Waals surface area contributed by atoms with Crippen LogP contribution in [0.1, 0.15) is 33.1 Å². The van der Waals surface area contributed by atoms with Crippen molar-refractivity contribution in [2.45, 2.75) is 44.8 Å². The van der Waals surface area contributed by atoms with Crippen LogP contribution in [0.2, 0.25) is 0 Å². The third-order valence-corrected chi connectivity index (χ3v) is 2.61. The van der Waals surface area contributed by atoms with Crippen molar-refractivity contribution in [3.63, 3.8) is 0 Å². The minimum Gasteiger partial charge on any atom is -0.358 e. The molecule has 0 spiro atoms. The Bertz CT molecular complexity index is 198. The second kappa shape index (κ2) is 2.07. The monoisotopic (exact) mass is 154 g/mol. The number of carbonyl (C=O) groups excluding carboxylic acids is 1. The van der Waals surface area contributed by atoms with Crippen molar-refractivity contribution in [1.29, 1.82) is 0 Å². The molecule has 0 radical (unpaired) electrons. The molecule has 1 aliphatic heterocycles. The Labute approximate surface area is 66.9 Å². The summed E-state index contributed by atoms with van der Waals surface area (Å²) in [4.78, 5) is 11.1. The van der Waals surface area contributed by atoms with Gasteiger partial charge >= 0.3 is 0 Å². The van der Waals surface area contributed by atoms with E-state index >= 15 is 0 Å². The largest absolute Gasteiger partial charge is 0.358 e. The zero-order valence-electron chi connectivity index (χ0n) is 7.09. The molecule has 2 rings (SSSR count).